The highest BCUT2D eigenvalue weighted by atomic mass is 28.4. The van der Waals surface area contributed by atoms with Crippen LogP contribution in [0.1, 0.15) is 37.5 Å². The van der Waals surface area contributed by atoms with Crippen molar-refractivity contribution in [3.63, 3.8) is 0 Å². The van der Waals surface area contributed by atoms with Crippen molar-refractivity contribution in [1.29, 1.82) is 0 Å². The van der Waals surface area contributed by atoms with Crippen molar-refractivity contribution in [2.45, 2.75) is 59.7 Å². The predicted octanol–water partition coefficient (Wildman–Crippen LogP) is 5.00. The SMILES string of the molecule is CC[Si](CC)(CC)Oc1c(C)cc(C)cc1C. The first-order valence-electron chi connectivity index (χ1n) is 6.74. The van der Waals surface area contributed by atoms with E-state index in [1.165, 1.54) is 34.8 Å². The lowest BCUT2D eigenvalue weighted by Crippen LogP contribution is -2.39. The highest BCUT2D eigenvalue weighted by molar-refractivity contribution is 6.74. The topological polar surface area (TPSA) is 9.23 Å². The predicted molar refractivity (Wildman–Crippen MR) is 78.5 cm³/mol. The maximum Gasteiger partial charge on any atom is 0.250 e. The first kappa shape index (κ1) is 14.3. The standard InChI is InChI=1S/C15H26OSi/c1-7-17(8-2,9-3)16-15-13(5)10-12(4)11-14(15)6/h10-11H,7-9H2,1-6H3. The Labute approximate surface area is 107 Å². The summed E-state index contributed by atoms with van der Waals surface area (Å²) < 4.78 is 6.51. The largest absolute Gasteiger partial charge is 0.543 e. The molecule has 0 radical (unpaired) electrons. The molecule has 0 spiro atoms. The second-order valence-electron chi connectivity index (χ2n) is 5.07. The van der Waals surface area contributed by atoms with Crippen LogP contribution in [0.25, 0.3) is 0 Å². The quantitative estimate of drug-likeness (QED) is 0.669. The van der Waals surface area contributed by atoms with Crippen LogP contribution >= 0.6 is 0 Å². The molecule has 1 aromatic rings. The lowest BCUT2D eigenvalue weighted by atomic mass is 10.1. The number of benzene rings is 1. The monoisotopic (exact) mass is 250 g/mol. The van der Waals surface area contributed by atoms with Gasteiger partial charge in [0.15, 0.2) is 0 Å². The van der Waals surface area contributed by atoms with Crippen LogP contribution in [0.5, 0.6) is 5.75 Å². The van der Waals surface area contributed by atoms with Crippen LogP contribution in [0.15, 0.2) is 12.1 Å². The Hall–Kier alpha value is -0.763. The summed E-state index contributed by atoms with van der Waals surface area (Å²) in [4.78, 5) is 0. The molecule has 0 heterocycles. The van der Waals surface area contributed by atoms with Gasteiger partial charge in [0.05, 0.1) is 0 Å². The summed E-state index contributed by atoms with van der Waals surface area (Å²) >= 11 is 0. The highest BCUT2D eigenvalue weighted by Gasteiger charge is 2.31. The molecular weight excluding hydrogens is 224 g/mol. The van der Waals surface area contributed by atoms with E-state index < -0.39 is 8.32 Å². The fraction of sp³-hybridized carbons (Fsp3) is 0.600. The maximum atomic E-state index is 6.51. The van der Waals surface area contributed by atoms with E-state index in [9.17, 15) is 0 Å². The van der Waals surface area contributed by atoms with Gasteiger partial charge in [0.1, 0.15) is 5.75 Å². The van der Waals surface area contributed by atoms with Crippen LogP contribution in [0, 0.1) is 20.8 Å². The summed E-state index contributed by atoms with van der Waals surface area (Å²) in [7, 11) is -1.54. The molecule has 0 saturated heterocycles. The Bertz CT molecular complexity index is 349. The first-order chi connectivity index (χ1) is 7.98. The fourth-order valence-electron chi connectivity index (χ4n) is 2.51. The van der Waals surface area contributed by atoms with E-state index in [-0.39, 0.29) is 0 Å². The van der Waals surface area contributed by atoms with E-state index in [0.29, 0.717) is 0 Å². The average molecular weight is 250 g/mol. The van der Waals surface area contributed by atoms with E-state index >= 15 is 0 Å². The zero-order chi connectivity index (χ0) is 13.1. The summed E-state index contributed by atoms with van der Waals surface area (Å²) in [6.07, 6.45) is 0. The van der Waals surface area contributed by atoms with Crippen LogP contribution in [-0.2, 0) is 0 Å². The minimum atomic E-state index is -1.54. The van der Waals surface area contributed by atoms with Gasteiger partial charge in [0.2, 0.25) is 8.32 Å². The highest BCUT2D eigenvalue weighted by Crippen LogP contribution is 2.31. The minimum Gasteiger partial charge on any atom is -0.543 e. The second kappa shape index (κ2) is 5.72. The van der Waals surface area contributed by atoms with E-state index in [1.807, 2.05) is 0 Å². The molecule has 0 aliphatic rings. The molecule has 0 bridgehead atoms. The molecule has 0 fully saturated rings. The molecule has 0 N–H and O–H groups in total. The number of hydrogen-bond acceptors (Lipinski definition) is 1. The van der Waals surface area contributed by atoms with Crippen molar-refractivity contribution >= 4 is 8.32 Å². The van der Waals surface area contributed by atoms with Gasteiger partial charge < -0.3 is 4.43 Å². The summed E-state index contributed by atoms with van der Waals surface area (Å²) in [5.41, 5.74) is 3.90. The fourth-order valence-corrected chi connectivity index (χ4v) is 5.20. The van der Waals surface area contributed by atoms with E-state index in [4.69, 9.17) is 4.43 Å². The third-order valence-corrected chi connectivity index (χ3v) is 8.36. The third-order valence-electron chi connectivity index (χ3n) is 3.86. The van der Waals surface area contributed by atoms with Crippen molar-refractivity contribution in [2.24, 2.45) is 0 Å². The van der Waals surface area contributed by atoms with Gasteiger partial charge >= 0.3 is 0 Å². The lowest BCUT2D eigenvalue weighted by molar-refractivity contribution is 0.523. The normalized spacial score (nSPS) is 11.6. The number of hydrogen-bond donors (Lipinski definition) is 0. The molecule has 1 nitrogen and oxygen atoms in total. The van der Waals surface area contributed by atoms with Crippen LogP contribution in [0.2, 0.25) is 18.1 Å². The van der Waals surface area contributed by atoms with Crippen molar-refractivity contribution in [3.05, 3.63) is 28.8 Å². The van der Waals surface area contributed by atoms with Crippen LogP contribution < -0.4 is 4.43 Å². The van der Waals surface area contributed by atoms with Gasteiger partial charge in [-0.1, -0.05) is 38.5 Å². The van der Waals surface area contributed by atoms with E-state index in [0.717, 1.165) is 5.75 Å². The Kier molecular flexibility index (Phi) is 4.81. The Morgan fingerprint density at radius 2 is 1.29 bits per heavy atom. The van der Waals surface area contributed by atoms with Gasteiger partial charge in [-0.2, -0.15) is 0 Å². The molecule has 96 valence electrons. The number of rotatable bonds is 5. The molecule has 17 heavy (non-hydrogen) atoms. The van der Waals surface area contributed by atoms with Crippen LogP contribution in [-0.4, -0.2) is 8.32 Å². The molecule has 0 unspecified atom stereocenters. The third kappa shape index (κ3) is 3.12. The summed E-state index contributed by atoms with van der Waals surface area (Å²) in [5.74, 6) is 1.15. The summed E-state index contributed by atoms with van der Waals surface area (Å²) in [5, 5.41) is 0. The molecule has 0 aliphatic carbocycles. The molecule has 1 aromatic carbocycles. The van der Waals surface area contributed by atoms with Gasteiger partial charge in [-0.3, -0.25) is 0 Å². The Morgan fingerprint density at radius 1 is 0.882 bits per heavy atom. The van der Waals surface area contributed by atoms with Gasteiger partial charge in [-0.05, 0) is 50.0 Å². The maximum absolute atomic E-state index is 6.51. The molecule has 0 atom stereocenters. The number of aryl methyl sites for hydroxylation is 3. The lowest BCUT2D eigenvalue weighted by Gasteiger charge is -2.31. The second-order valence-corrected chi connectivity index (χ2v) is 9.77. The molecule has 2 heteroatoms. The molecule has 0 saturated carbocycles. The van der Waals surface area contributed by atoms with Gasteiger partial charge in [-0.15, -0.1) is 0 Å². The van der Waals surface area contributed by atoms with Crippen molar-refractivity contribution in [2.75, 3.05) is 0 Å². The summed E-state index contributed by atoms with van der Waals surface area (Å²) in [6.45, 7) is 13.3. The van der Waals surface area contributed by atoms with Gasteiger partial charge in [0, 0.05) is 0 Å². The smallest absolute Gasteiger partial charge is 0.250 e. The molecule has 1 rings (SSSR count). The molecular formula is C15H26OSi. The van der Waals surface area contributed by atoms with Crippen LogP contribution in [0.4, 0.5) is 0 Å². The summed E-state index contributed by atoms with van der Waals surface area (Å²) in [6, 6.07) is 8.05. The van der Waals surface area contributed by atoms with E-state index in [2.05, 4.69) is 53.7 Å². The zero-order valence-corrected chi connectivity index (χ0v) is 13.2. The molecule has 0 aliphatic heterocycles. The van der Waals surface area contributed by atoms with Crippen molar-refractivity contribution in [3.8, 4) is 5.75 Å². The Morgan fingerprint density at radius 3 is 1.65 bits per heavy atom. The molecule has 0 aromatic heterocycles. The van der Waals surface area contributed by atoms with Crippen molar-refractivity contribution in [1.82, 2.24) is 0 Å². The van der Waals surface area contributed by atoms with Gasteiger partial charge in [0.25, 0.3) is 0 Å². The van der Waals surface area contributed by atoms with Crippen LogP contribution in [0.3, 0.4) is 0 Å². The Balaban J connectivity index is 3.09. The first-order valence-corrected chi connectivity index (χ1v) is 9.27. The van der Waals surface area contributed by atoms with Crippen molar-refractivity contribution < 1.29 is 4.43 Å². The van der Waals surface area contributed by atoms with Gasteiger partial charge in [-0.25, -0.2) is 0 Å². The zero-order valence-electron chi connectivity index (χ0n) is 12.2. The average Bonchev–Trinajstić information content (AvgIpc) is 2.29. The molecule has 0 amide bonds. The van der Waals surface area contributed by atoms with E-state index in [1.54, 1.807) is 0 Å². The minimum absolute atomic E-state index is 1.15.